The molecule has 0 aliphatic rings. The van der Waals surface area contributed by atoms with Gasteiger partial charge in [0.15, 0.2) is 6.67 Å². The Morgan fingerprint density at radius 2 is 1.04 bits per heavy atom. The van der Waals surface area contributed by atoms with Crippen molar-refractivity contribution in [2.45, 2.75) is 5.54 Å². The van der Waals surface area contributed by atoms with Crippen LogP contribution in [0.5, 0.6) is 0 Å². The lowest BCUT2D eigenvalue weighted by molar-refractivity contribution is -0.123. The third-order valence-corrected chi connectivity index (χ3v) is 4.07. The fourth-order valence-corrected chi connectivity index (χ4v) is 3.02. The number of amides is 1. The number of carbonyl (C=O) groups excluding carboxylic acids is 1. The fraction of sp³-hybridized carbons (Fsp3) is 0.0952. The lowest BCUT2D eigenvalue weighted by atomic mass is 9.77. The Balaban J connectivity index is 2.30. The predicted octanol–water partition coefficient (Wildman–Crippen LogP) is 4.06. The third kappa shape index (κ3) is 2.93. The largest absolute Gasteiger partial charge is 0.336 e. The summed E-state index contributed by atoms with van der Waals surface area (Å²) >= 11 is 0. The van der Waals surface area contributed by atoms with E-state index < -0.39 is 18.1 Å². The van der Waals surface area contributed by atoms with Crippen LogP contribution in [0.2, 0.25) is 0 Å². The predicted molar refractivity (Wildman–Crippen MR) is 93.3 cm³/mol. The van der Waals surface area contributed by atoms with E-state index in [1.807, 2.05) is 91.0 Å². The van der Waals surface area contributed by atoms with E-state index in [-0.39, 0.29) is 0 Å². The fourth-order valence-electron chi connectivity index (χ4n) is 3.02. The lowest BCUT2D eigenvalue weighted by Gasteiger charge is -2.36. The number of benzene rings is 3. The van der Waals surface area contributed by atoms with Crippen LogP contribution in [0.25, 0.3) is 0 Å². The number of hydrogen-bond donors (Lipinski definition) is 1. The number of carbonyl (C=O) groups is 1. The highest BCUT2D eigenvalue weighted by Crippen LogP contribution is 2.36. The summed E-state index contributed by atoms with van der Waals surface area (Å²) in [5, 5.41) is 2.92. The first kappa shape index (κ1) is 15.9. The highest BCUT2D eigenvalue weighted by Gasteiger charge is 2.37. The van der Waals surface area contributed by atoms with Crippen LogP contribution < -0.4 is 5.32 Å². The molecule has 3 aromatic carbocycles. The molecule has 0 unspecified atom stereocenters. The minimum absolute atomic E-state index is 0.647. The zero-order valence-electron chi connectivity index (χ0n) is 13.2. The van der Waals surface area contributed by atoms with Crippen LogP contribution in [0.3, 0.4) is 0 Å². The van der Waals surface area contributed by atoms with Crippen molar-refractivity contribution in [2.24, 2.45) is 0 Å². The van der Waals surface area contributed by atoms with Crippen LogP contribution in [0.4, 0.5) is 4.39 Å². The van der Waals surface area contributed by atoms with E-state index in [0.717, 1.165) is 16.7 Å². The maximum absolute atomic E-state index is 13.1. The van der Waals surface area contributed by atoms with Crippen LogP contribution in [-0.2, 0) is 10.3 Å². The van der Waals surface area contributed by atoms with E-state index in [4.69, 9.17) is 0 Å². The normalized spacial score (nSPS) is 11.0. The van der Waals surface area contributed by atoms with E-state index in [9.17, 15) is 9.18 Å². The Kier molecular flexibility index (Phi) is 4.71. The highest BCUT2D eigenvalue weighted by molar-refractivity contribution is 5.80. The van der Waals surface area contributed by atoms with Gasteiger partial charge in [0, 0.05) is 0 Å². The van der Waals surface area contributed by atoms with Gasteiger partial charge in [-0.15, -0.1) is 0 Å². The molecule has 0 atom stereocenters. The first-order valence-corrected chi connectivity index (χ1v) is 7.81. The molecule has 1 N–H and O–H groups in total. The molecule has 3 heteroatoms. The number of hydrogen-bond acceptors (Lipinski definition) is 1. The smallest absolute Gasteiger partial charge is 0.252 e. The van der Waals surface area contributed by atoms with Crippen molar-refractivity contribution in [3.8, 4) is 0 Å². The van der Waals surface area contributed by atoms with E-state index in [2.05, 4.69) is 5.32 Å². The summed E-state index contributed by atoms with van der Waals surface area (Å²) < 4.78 is 13.1. The molecule has 0 saturated heterocycles. The third-order valence-electron chi connectivity index (χ3n) is 4.07. The molecule has 0 fully saturated rings. The number of halogens is 1. The van der Waals surface area contributed by atoms with Crippen molar-refractivity contribution in [1.29, 1.82) is 0 Å². The molecule has 0 saturated carbocycles. The second kappa shape index (κ2) is 7.09. The number of nitrogens with one attached hydrogen (secondary N) is 1. The maximum atomic E-state index is 13.1. The molecule has 0 bridgehead atoms. The van der Waals surface area contributed by atoms with E-state index >= 15 is 0 Å². The molecule has 0 radical (unpaired) electrons. The van der Waals surface area contributed by atoms with Crippen molar-refractivity contribution in [2.75, 3.05) is 6.67 Å². The summed E-state index contributed by atoms with van der Waals surface area (Å²) in [5.74, 6) is -0.647. The summed E-state index contributed by atoms with van der Waals surface area (Å²) in [4.78, 5) is 12.1. The van der Waals surface area contributed by atoms with Gasteiger partial charge in [-0.1, -0.05) is 91.0 Å². The van der Waals surface area contributed by atoms with Gasteiger partial charge in [0.1, 0.15) is 5.54 Å². The number of alkyl halides is 1. The average molecular weight is 319 g/mol. The molecule has 120 valence electrons. The molecule has 3 rings (SSSR count). The molecular formula is C21H18FNO. The summed E-state index contributed by atoms with van der Waals surface area (Å²) in [6, 6.07) is 28.9. The van der Waals surface area contributed by atoms with Crippen molar-refractivity contribution in [1.82, 2.24) is 5.32 Å². The zero-order chi connectivity index (χ0) is 16.8. The SMILES string of the molecule is O=C(CF)NC(c1ccccc1)(c1ccccc1)c1ccccc1. The standard InChI is InChI=1S/C21H18FNO/c22-16-20(24)23-21(17-10-4-1-5-11-17,18-12-6-2-7-13-18)19-14-8-3-9-15-19/h1-15H,16H2,(H,23,24). The van der Waals surface area contributed by atoms with Crippen LogP contribution in [0.15, 0.2) is 91.0 Å². The van der Waals surface area contributed by atoms with E-state index in [1.165, 1.54) is 0 Å². The Hall–Kier alpha value is -2.94. The summed E-state index contributed by atoms with van der Waals surface area (Å²) in [6.45, 7) is -1.06. The van der Waals surface area contributed by atoms with Gasteiger partial charge in [0.2, 0.25) is 0 Å². The minimum Gasteiger partial charge on any atom is -0.336 e. The van der Waals surface area contributed by atoms with Gasteiger partial charge in [0.05, 0.1) is 0 Å². The van der Waals surface area contributed by atoms with Gasteiger partial charge in [-0.05, 0) is 16.7 Å². The zero-order valence-corrected chi connectivity index (χ0v) is 13.2. The second-order valence-corrected chi connectivity index (χ2v) is 5.53. The van der Waals surface area contributed by atoms with Gasteiger partial charge < -0.3 is 5.32 Å². The van der Waals surface area contributed by atoms with Gasteiger partial charge in [-0.25, -0.2) is 4.39 Å². The Morgan fingerprint density at radius 1 is 0.708 bits per heavy atom. The van der Waals surface area contributed by atoms with E-state index in [0.29, 0.717) is 0 Å². The Labute approximate surface area is 141 Å². The topological polar surface area (TPSA) is 29.1 Å². The average Bonchev–Trinajstić information content (AvgIpc) is 2.68. The molecule has 1 amide bonds. The Bertz CT molecular complexity index is 691. The molecule has 0 spiro atoms. The van der Waals surface area contributed by atoms with Crippen LogP contribution in [0.1, 0.15) is 16.7 Å². The molecule has 2 nitrogen and oxygen atoms in total. The Morgan fingerprint density at radius 3 is 1.33 bits per heavy atom. The molecule has 0 aliphatic heterocycles. The molecule has 24 heavy (non-hydrogen) atoms. The van der Waals surface area contributed by atoms with Gasteiger partial charge in [-0.2, -0.15) is 0 Å². The molecule has 0 aliphatic carbocycles. The van der Waals surface area contributed by atoms with Crippen LogP contribution >= 0.6 is 0 Å². The molecular weight excluding hydrogens is 301 g/mol. The van der Waals surface area contributed by atoms with Crippen LogP contribution in [-0.4, -0.2) is 12.6 Å². The first-order chi connectivity index (χ1) is 11.8. The van der Waals surface area contributed by atoms with Crippen molar-refractivity contribution in [3.63, 3.8) is 0 Å². The van der Waals surface area contributed by atoms with Crippen molar-refractivity contribution < 1.29 is 9.18 Å². The van der Waals surface area contributed by atoms with Gasteiger partial charge >= 0.3 is 0 Å². The highest BCUT2D eigenvalue weighted by atomic mass is 19.1. The summed E-state index contributed by atoms with van der Waals surface area (Å²) in [6.07, 6.45) is 0. The van der Waals surface area contributed by atoms with Crippen molar-refractivity contribution >= 4 is 5.91 Å². The lowest BCUT2D eigenvalue weighted by Crippen LogP contribution is -2.48. The minimum atomic E-state index is -1.06. The maximum Gasteiger partial charge on any atom is 0.252 e. The van der Waals surface area contributed by atoms with Crippen LogP contribution in [0, 0.1) is 0 Å². The van der Waals surface area contributed by atoms with Gasteiger partial charge in [0.25, 0.3) is 5.91 Å². The van der Waals surface area contributed by atoms with Crippen molar-refractivity contribution in [3.05, 3.63) is 108 Å². The molecule has 0 aromatic heterocycles. The quantitative estimate of drug-likeness (QED) is 0.706. The molecule has 0 heterocycles. The number of rotatable bonds is 5. The second-order valence-electron chi connectivity index (χ2n) is 5.53. The summed E-state index contributed by atoms with van der Waals surface area (Å²) in [5.41, 5.74) is 1.70. The van der Waals surface area contributed by atoms with Gasteiger partial charge in [-0.3, -0.25) is 4.79 Å². The summed E-state index contributed by atoms with van der Waals surface area (Å²) in [7, 11) is 0. The first-order valence-electron chi connectivity index (χ1n) is 7.81. The molecule has 3 aromatic rings. The monoisotopic (exact) mass is 319 g/mol. The van der Waals surface area contributed by atoms with E-state index in [1.54, 1.807) is 0 Å².